The average Bonchev–Trinajstić information content (AvgIpc) is 2.41. The molecule has 0 aliphatic carbocycles. The zero-order valence-corrected chi connectivity index (χ0v) is 10.5. The van der Waals surface area contributed by atoms with Gasteiger partial charge in [0.25, 0.3) is 0 Å². The normalized spacial score (nSPS) is 9.67. The number of hydrogen-bond acceptors (Lipinski definition) is 5. The van der Waals surface area contributed by atoms with Crippen LogP contribution in [0.15, 0.2) is 18.5 Å². The third kappa shape index (κ3) is 6.21. The quantitative estimate of drug-likeness (QED) is 0.561. The van der Waals surface area contributed by atoms with Crippen LogP contribution in [-0.4, -0.2) is 45.1 Å². The van der Waals surface area contributed by atoms with Crippen LogP contribution in [0.25, 0.3) is 0 Å². The van der Waals surface area contributed by atoms with Crippen LogP contribution in [0, 0.1) is 11.8 Å². The molecular weight excluding hydrogens is 232 g/mol. The summed E-state index contributed by atoms with van der Waals surface area (Å²) in [5, 5.41) is 0. The lowest BCUT2D eigenvalue weighted by Gasteiger charge is -2.06. The Balaban J connectivity index is 2.29. The highest BCUT2D eigenvalue weighted by Gasteiger charge is 1.96. The summed E-state index contributed by atoms with van der Waals surface area (Å²) in [7, 11) is 1.64. The van der Waals surface area contributed by atoms with Gasteiger partial charge in [-0.25, -0.2) is 0 Å². The number of methoxy groups -OCH3 is 1. The molecule has 0 bridgehead atoms. The second-order valence-electron chi connectivity index (χ2n) is 3.37. The zero-order valence-electron chi connectivity index (χ0n) is 10.5. The molecule has 18 heavy (non-hydrogen) atoms. The SMILES string of the molecule is COCCOCCOc1cncc(C#CCN)c1. The number of rotatable bonds is 7. The van der Waals surface area contributed by atoms with Gasteiger partial charge in [0.15, 0.2) is 0 Å². The number of nitrogens with two attached hydrogens (primary N) is 1. The second kappa shape index (κ2) is 9.42. The molecule has 0 amide bonds. The van der Waals surface area contributed by atoms with Crippen LogP contribution in [-0.2, 0) is 9.47 Å². The Morgan fingerprint density at radius 2 is 2.06 bits per heavy atom. The molecule has 0 aliphatic heterocycles. The van der Waals surface area contributed by atoms with Crippen LogP contribution < -0.4 is 10.5 Å². The standard InChI is InChI=1S/C13H18N2O3/c1-16-5-6-17-7-8-18-13-9-12(3-2-4-14)10-15-11-13/h9-11H,4-8,14H2,1H3. The van der Waals surface area contributed by atoms with Gasteiger partial charge in [0.05, 0.1) is 32.6 Å². The maximum absolute atomic E-state index is 5.48. The smallest absolute Gasteiger partial charge is 0.138 e. The van der Waals surface area contributed by atoms with E-state index in [2.05, 4.69) is 16.8 Å². The van der Waals surface area contributed by atoms with Gasteiger partial charge in [0.1, 0.15) is 12.4 Å². The van der Waals surface area contributed by atoms with Crippen molar-refractivity contribution in [2.45, 2.75) is 0 Å². The fourth-order valence-corrected chi connectivity index (χ4v) is 1.18. The Morgan fingerprint density at radius 1 is 1.22 bits per heavy atom. The Labute approximate surface area is 107 Å². The van der Waals surface area contributed by atoms with E-state index >= 15 is 0 Å². The molecule has 5 heteroatoms. The summed E-state index contributed by atoms with van der Waals surface area (Å²) >= 11 is 0. The van der Waals surface area contributed by atoms with Crippen LogP contribution in [0.3, 0.4) is 0 Å². The van der Waals surface area contributed by atoms with Crippen LogP contribution in [0.2, 0.25) is 0 Å². The van der Waals surface area contributed by atoms with Gasteiger partial charge >= 0.3 is 0 Å². The molecule has 0 atom stereocenters. The van der Waals surface area contributed by atoms with Crippen molar-refractivity contribution in [1.29, 1.82) is 0 Å². The van der Waals surface area contributed by atoms with Crippen molar-refractivity contribution < 1.29 is 14.2 Å². The molecule has 0 aromatic carbocycles. The molecule has 0 fully saturated rings. The fourth-order valence-electron chi connectivity index (χ4n) is 1.18. The van der Waals surface area contributed by atoms with E-state index in [1.165, 1.54) is 0 Å². The third-order valence-corrected chi connectivity index (χ3v) is 1.98. The van der Waals surface area contributed by atoms with E-state index < -0.39 is 0 Å². The van der Waals surface area contributed by atoms with Crippen molar-refractivity contribution in [3.63, 3.8) is 0 Å². The summed E-state index contributed by atoms with van der Waals surface area (Å²) in [6.45, 7) is 2.48. The van der Waals surface area contributed by atoms with Gasteiger partial charge in [-0.15, -0.1) is 0 Å². The molecule has 0 unspecified atom stereocenters. The first kappa shape index (κ1) is 14.5. The maximum atomic E-state index is 5.48. The molecule has 0 saturated heterocycles. The highest BCUT2D eigenvalue weighted by atomic mass is 16.5. The van der Waals surface area contributed by atoms with Crippen LogP contribution in [0.5, 0.6) is 5.75 Å². The Morgan fingerprint density at radius 3 is 2.83 bits per heavy atom. The molecule has 5 nitrogen and oxygen atoms in total. The first-order valence-electron chi connectivity index (χ1n) is 5.70. The molecule has 0 saturated carbocycles. The summed E-state index contributed by atoms with van der Waals surface area (Å²) in [4.78, 5) is 4.04. The Kier molecular flexibility index (Phi) is 7.57. The molecule has 98 valence electrons. The number of ether oxygens (including phenoxy) is 3. The molecule has 1 rings (SSSR count). The molecule has 0 radical (unpaired) electrons. The Hall–Kier alpha value is -1.61. The second-order valence-corrected chi connectivity index (χ2v) is 3.37. The van der Waals surface area contributed by atoms with Crippen molar-refractivity contribution in [3.8, 4) is 17.6 Å². The van der Waals surface area contributed by atoms with Crippen LogP contribution >= 0.6 is 0 Å². The highest BCUT2D eigenvalue weighted by Crippen LogP contribution is 2.09. The van der Waals surface area contributed by atoms with Gasteiger partial charge in [-0.05, 0) is 6.07 Å². The minimum atomic E-state index is 0.332. The summed E-state index contributed by atoms with van der Waals surface area (Å²) in [6, 6.07) is 1.82. The van der Waals surface area contributed by atoms with Crippen LogP contribution in [0.1, 0.15) is 5.56 Å². The van der Waals surface area contributed by atoms with E-state index in [0.717, 1.165) is 5.56 Å². The van der Waals surface area contributed by atoms with Gasteiger partial charge in [-0.2, -0.15) is 0 Å². The summed E-state index contributed by atoms with van der Waals surface area (Å²) < 4.78 is 15.6. The maximum Gasteiger partial charge on any atom is 0.138 e. The number of pyridine rings is 1. The minimum Gasteiger partial charge on any atom is -0.490 e. The summed E-state index contributed by atoms with van der Waals surface area (Å²) in [5.41, 5.74) is 6.09. The molecule has 1 aromatic rings. The lowest BCUT2D eigenvalue weighted by atomic mass is 10.3. The monoisotopic (exact) mass is 250 g/mol. The average molecular weight is 250 g/mol. The fraction of sp³-hybridized carbons (Fsp3) is 0.462. The van der Waals surface area contributed by atoms with Gasteiger partial charge in [0, 0.05) is 18.9 Å². The van der Waals surface area contributed by atoms with Crippen molar-refractivity contribution >= 4 is 0 Å². The lowest BCUT2D eigenvalue weighted by molar-refractivity contribution is 0.0543. The molecule has 0 aliphatic rings. The lowest BCUT2D eigenvalue weighted by Crippen LogP contribution is -2.10. The zero-order chi connectivity index (χ0) is 13.1. The summed E-state index contributed by atoms with van der Waals surface area (Å²) in [6.07, 6.45) is 3.31. The van der Waals surface area contributed by atoms with E-state index in [-0.39, 0.29) is 0 Å². The van der Waals surface area contributed by atoms with E-state index in [1.54, 1.807) is 19.5 Å². The third-order valence-electron chi connectivity index (χ3n) is 1.98. The van der Waals surface area contributed by atoms with E-state index in [1.807, 2.05) is 6.07 Å². The molecule has 0 spiro atoms. The Bertz CT molecular complexity index is 399. The minimum absolute atomic E-state index is 0.332. The van der Waals surface area contributed by atoms with Crippen molar-refractivity contribution in [2.75, 3.05) is 40.1 Å². The van der Waals surface area contributed by atoms with Crippen molar-refractivity contribution in [3.05, 3.63) is 24.0 Å². The number of aromatic nitrogens is 1. The largest absolute Gasteiger partial charge is 0.490 e. The molecule has 1 heterocycles. The van der Waals surface area contributed by atoms with Gasteiger partial charge in [-0.3, -0.25) is 4.98 Å². The van der Waals surface area contributed by atoms with Gasteiger partial charge < -0.3 is 19.9 Å². The predicted molar refractivity (Wildman–Crippen MR) is 68.4 cm³/mol. The van der Waals surface area contributed by atoms with Gasteiger partial charge in [-0.1, -0.05) is 11.8 Å². The molecular formula is C13H18N2O3. The number of hydrogen-bond donors (Lipinski definition) is 1. The molecule has 2 N–H and O–H groups in total. The van der Waals surface area contributed by atoms with Gasteiger partial charge in [0.2, 0.25) is 0 Å². The predicted octanol–water partition coefficient (Wildman–Crippen LogP) is 0.434. The van der Waals surface area contributed by atoms with Crippen molar-refractivity contribution in [1.82, 2.24) is 4.98 Å². The van der Waals surface area contributed by atoms with Crippen LogP contribution in [0.4, 0.5) is 0 Å². The van der Waals surface area contributed by atoms with E-state index in [4.69, 9.17) is 19.9 Å². The first-order valence-corrected chi connectivity index (χ1v) is 5.70. The van der Waals surface area contributed by atoms with E-state index in [9.17, 15) is 0 Å². The number of nitrogens with zero attached hydrogens (tertiary/aromatic N) is 1. The van der Waals surface area contributed by atoms with Crippen molar-refractivity contribution in [2.24, 2.45) is 5.73 Å². The molecule has 1 aromatic heterocycles. The topological polar surface area (TPSA) is 66.6 Å². The first-order chi connectivity index (χ1) is 8.86. The highest BCUT2D eigenvalue weighted by molar-refractivity contribution is 5.36. The summed E-state index contributed by atoms with van der Waals surface area (Å²) in [5.74, 6) is 6.34. The van der Waals surface area contributed by atoms with E-state index in [0.29, 0.717) is 38.7 Å².